The highest BCUT2D eigenvalue weighted by Gasteiger charge is 2.33. The van der Waals surface area contributed by atoms with Gasteiger partial charge < -0.3 is 15.5 Å². The van der Waals surface area contributed by atoms with Crippen LogP contribution in [0.1, 0.15) is 49.1 Å². The Hall–Kier alpha value is -6.14. The highest BCUT2D eigenvalue weighted by Crippen LogP contribution is 2.33. The fourth-order valence-electron chi connectivity index (χ4n) is 4.34. The molecule has 3 N–H and O–H groups in total. The highest BCUT2D eigenvalue weighted by molar-refractivity contribution is 5.96. The number of carbonyl (C=O) groups is 3. The number of alkyl halides is 6. The van der Waals surface area contributed by atoms with Crippen molar-refractivity contribution in [3.05, 3.63) is 88.7 Å². The van der Waals surface area contributed by atoms with Crippen molar-refractivity contribution < 1.29 is 50.9 Å². The molecule has 19 heteroatoms. The fraction of sp³-hybridized carbons (Fsp3) is 0.143. The van der Waals surface area contributed by atoms with E-state index in [2.05, 4.69) is 30.9 Å². The first-order valence-corrected chi connectivity index (χ1v) is 13.1. The molecule has 0 radical (unpaired) electrons. The van der Waals surface area contributed by atoms with E-state index in [4.69, 9.17) is 0 Å². The molecule has 0 aliphatic rings. The summed E-state index contributed by atoms with van der Waals surface area (Å²) in [5, 5.41) is 36.9. The molecule has 0 unspecified atom stereocenters. The van der Waals surface area contributed by atoms with Crippen LogP contribution in [0.15, 0.2) is 60.9 Å². The molecule has 13 nitrogen and oxygen atoms in total. The van der Waals surface area contributed by atoms with Crippen molar-refractivity contribution in [2.75, 3.05) is 6.54 Å². The molecule has 0 saturated heterocycles. The molecule has 0 spiro atoms. The van der Waals surface area contributed by atoms with Gasteiger partial charge in [0.2, 0.25) is 0 Å². The molecule has 2 aromatic carbocycles. The van der Waals surface area contributed by atoms with Gasteiger partial charge in [-0.05, 0) is 55.5 Å². The summed E-state index contributed by atoms with van der Waals surface area (Å²) in [6, 6.07) is 6.38. The third kappa shape index (κ3) is 6.63. The zero-order chi connectivity index (χ0) is 34.3. The van der Waals surface area contributed by atoms with Crippen molar-refractivity contribution in [3.8, 4) is 34.2 Å². The average molecular weight is 660 g/mol. The number of nitrogens with zero attached hydrogens (tertiary/aromatic N) is 7. The van der Waals surface area contributed by atoms with Crippen LogP contribution >= 0.6 is 0 Å². The Morgan fingerprint density at radius 2 is 1.13 bits per heavy atom. The van der Waals surface area contributed by atoms with E-state index in [1.54, 1.807) is 6.92 Å². The summed E-state index contributed by atoms with van der Waals surface area (Å²) in [6.45, 7) is 1.85. The molecule has 5 aromatic rings. The normalized spacial score (nSPS) is 11.8. The lowest BCUT2D eigenvalue weighted by Gasteiger charge is -2.11. The SMILES string of the molecule is CCNC(=O)c1cc(-c2cn(-c3cc(C(F)(F)F)ccc3C(=O)O)nn2)nc(-c2cn(-c3cc(C(F)(F)F)ccc3C(=O)O)nn2)c1. The molecule has 3 heterocycles. The van der Waals surface area contributed by atoms with Crippen molar-refractivity contribution in [1.82, 2.24) is 40.3 Å². The molecule has 0 fully saturated rings. The zero-order valence-electron chi connectivity index (χ0n) is 23.5. The monoisotopic (exact) mass is 660 g/mol. The standard InChI is InChI=1S/C28H18F6N8O5/c1-2-35-24(43)13-7-18(20-11-41(39-37-20)22-9-14(27(29,30)31)3-5-16(22)25(44)45)36-19(8-13)21-12-42(40-38-21)23-10-15(28(32,33)34)4-6-17(23)26(46)47/h3-12H,2H2,1H3,(H,35,43)(H,44,45)(H,46,47). The largest absolute Gasteiger partial charge is 0.478 e. The van der Waals surface area contributed by atoms with Gasteiger partial charge in [-0.15, -0.1) is 10.2 Å². The Kier molecular flexibility index (Phi) is 8.23. The molecule has 3 aromatic heterocycles. The Labute approximate surface area is 258 Å². The van der Waals surface area contributed by atoms with Gasteiger partial charge in [0.1, 0.15) is 11.4 Å². The number of amides is 1. The predicted molar refractivity (Wildman–Crippen MR) is 147 cm³/mol. The van der Waals surface area contributed by atoms with E-state index in [1.807, 2.05) is 0 Å². The maximum absolute atomic E-state index is 13.4. The van der Waals surface area contributed by atoms with Crippen LogP contribution in [0.5, 0.6) is 0 Å². The maximum atomic E-state index is 13.4. The molecule has 0 aliphatic heterocycles. The molecular weight excluding hydrogens is 642 g/mol. The van der Waals surface area contributed by atoms with E-state index >= 15 is 0 Å². The molecular formula is C28H18F6N8O5. The number of rotatable bonds is 8. The summed E-state index contributed by atoms with van der Waals surface area (Å²) >= 11 is 0. The summed E-state index contributed by atoms with van der Waals surface area (Å²) in [6.07, 6.45) is -7.45. The smallest absolute Gasteiger partial charge is 0.416 e. The number of pyridine rings is 1. The molecule has 0 aliphatic carbocycles. The third-order valence-electron chi connectivity index (χ3n) is 6.54. The van der Waals surface area contributed by atoms with Crippen LogP contribution in [0, 0.1) is 0 Å². The van der Waals surface area contributed by atoms with Crippen molar-refractivity contribution in [2.45, 2.75) is 19.3 Å². The van der Waals surface area contributed by atoms with Gasteiger partial charge in [-0.25, -0.2) is 23.9 Å². The first-order valence-electron chi connectivity index (χ1n) is 13.1. The summed E-state index contributed by atoms with van der Waals surface area (Å²) in [4.78, 5) is 40.6. The highest BCUT2D eigenvalue weighted by atomic mass is 19.4. The van der Waals surface area contributed by atoms with Gasteiger partial charge in [-0.1, -0.05) is 10.4 Å². The van der Waals surface area contributed by atoms with Gasteiger partial charge in [0.05, 0.1) is 57.4 Å². The molecule has 47 heavy (non-hydrogen) atoms. The summed E-state index contributed by atoms with van der Waals surface area (Å²) in [5.41, 5.74) is -4.71. The number of carbonyl (C=O) groups excluding carboxylic acids is 1. The van der Waals surface area contributed by atoms with Crippen LogP contribution in [-0.4, -0.2) is 69.6 Å². The summed E-state index contributed by atoms with van der Waals surface area (Å²) in [7, 11) is 0. The van der Waals surface area contributed by atoms with Crippen LogP contribution in [0.3, 0.4) is 0 Å². The molecule has 0 bridgehead atoms. The number of halogens is 6. The number of hydrogen-bond donors (Lipinski definition) is 3. The van der Waals surface area contributed by atoms with Crippen LogP contribution in [0.2, 0.25) is 0 Å². The summed E-state index contributed by atoms with van der Waals surface area (Å²) < 4.78 is 81.9. The van der Waals surface area contributed by atoms with E-state index < -0.39 is 63.8 Å². The number of aromatic carboxylic acids is 2. The van der Waals surface area contributed by atoms with E-state index in [-0.39, 0.29) is 34.9 Å². The van der Waals surface area contributed by atoms with Gasteiger partial charge in [-0.3, -0.25) is 4.79 Å². The first-order chi connectivity index (χ1) is 22.1. The molecule has 1 amide bonds. The van der Waals surface area contributed by atoms with E-state index in [0.717, 1.165) is 33.9 Å². The van der Waals surface area contributed by atoms with Gasteiger partial charge in [0.25, 0.3) is 5.91 Å². The Morgan fingerprint density at radius 1 is 0.702 bits per heavy atom. The molecule has 0 saturated carbocycles. The number of hydrogen-bond acceptors (Lipinski definition) is 8. The Morgan fingerprint density at radius 3 is 1.49 bits per heavy atom. The number of carboxylic acids is 2. The average Bonchev–Trinajstić information content (AvgIpc) is 3.70. The van der Waals surface area contributed by atoms with Crippen molar-refractivity contribution in [3.63, 3.8) is 0 Å². The first kappa shape index (κ1) is 32.3. The van der Waals surface area contributed by atoms with Crippen molar-refractivity contribution in [1.29, 1.82) is 0 Å². The lowest BCUT2D eigenvalue weighted by atomic mass is 10.1. The van der Waals surface area contributed by atoms with Gasteiger partial charge in [-0.2, -0.15) is 26.3 Å². The van der Waals surface area contributed by atoms with Crippen LogP contribution in [0.25, 0.3) is 34.2 Å². The second-order valence-electron chi connectivity index (χ2n) is 9.65. The number of nitrogens with one attached hydrogen (secondary N) is 1. The number of carboxylic acid groups (broad SMARTS) is 2. The van der Waals surface area contributed by atoms with Crippen LogP contribution < -0.4 is 5.32 Å². The molecule has 0 atom stereocenters. The Bertz CT molecular complexity index is 1900. The summed E-state index contributed by atoms with van der Waals surface area (Å²) in [5.74, 6) is -3.69. The second-order valence-corrected chi connectivity index (χ2v) is 9.65. The van der Waals surface area contributed by atoms with E-state index in [1.165, 1.54) is 12.1 Å². The lowest BCUT2D eigenvalue weighted by Crippen LogP contribution is -2.22. The third-order valence-corrected chi connectivity index (χ3v) is 6.54. The van der Waals surface area contributed by atoms with E-state index in [9.17, 15) is 50.9 Å². The van der Waals surface area contributed by atoms with Crippen molar-refractivity contribution in [2.24, 2.45) is 0 Å². The quantitative estimate of drug-likeness (QED) is 0.197. The van der Waals surface area contributed by atoms with Crippen molar-refractivity contribution >= 4 is 17.8 Å². The number of benzene rings is 2. The zero-order valence-corrected chi connectivity index (χ0v) is 23.5. The topological polar surface area (TPSA) is 178 Å². The maximum Gasteiger partial charge on any atom is 0.416 e. The number of aromatic nitrogens is 7. The molecule has 242 valence electrons. The predicted octanol–water partition coefficient (Wildman–Crippen LogP) is 4.76. The van der Waals surface area contributed by atoms with Crippen LogP contribution in [-0.2, 0) is 12.4 Å². The van der Waals surface area contributed by atoms with E-state index in [0.29, 0.717) is 24.3 Å². The fourth-order valence-corrected chi connectivity index (χ4v) is 4.34. The minimum absolute atomic E-state index is 0.0217. The van der Waals surface area contributed by atoms with Gasteiger partial charge in [0, 0.05) is 12.1 Å². The minimum Gasteiger partial charge on any atom is -0.478 e. The lowest BCUT2D eigenvalue weighted by molar-refractivity contribution is -0.138. The minimum atomic E-state index is -4.80. The van der Waals surface area contributed by atoms with Gasteiger partial charge in [0.15, 0.2) is 0 Å². The molecule has 5 rings (SSSR count). The second kappa shape index (κ2) is 12.0. The van der Waals surface area contributed by atoms with Gasteiger partial charge >= 0.3 is 24.3 Å². The van der Waals surface area contributed by atoms with Crippen LogP contribution in [0.4, 0.5) is 26.3 Å². The Balaban J connectivity index is 1.62.